The molecular formula is C13H15NO4. The molecule has 96 valence electrons. The van der Waals surface area contributed by atoms with Crippen molar-refractivity contribution >= 4 is 17.4 Å². The fraction of sp³-hybridized carbons (Fsp3) is 0.385. The Bertz CT molecular complexity index is 472. The zero-order valence-corrected chi connectivity index (χ0v) is 10.4. The van der Waals surface area contributed by atoms with Crippen molar-refractivity contribution in [2.24, 2.45) is 0 Å². The van der Waals surface area contributed by atoms with Crippen LogP contribution >= 0.6 is 0 Å². The number of carbonyl (C=O) groups excluding carboxylic acids is 2. The number of ether oxygens (including phenoxy) is 2. The van der Waals surface area contributed by atoms with E-state index in [-0.39, 0.29) is 13.0 Å². The van der Waals surface area contributed by atoms with Gasteiger partial charge in [0.05, 0.1) is 18.7 Å². The highest BCUT2D eigenvalue weighted by Crippen LogP contribution is 2.36. The summed E-state index contributed by atoms with van der Waals surface area (Å²) in [7, 11) is 1.83. The summed E-state index contributed by atoms with van der Waals surface area (Å²) in [5.41, 5.74) is 0.916. The van der Waals surface area contributed by atoms with Gasteiger partial charge in [-0.15, -0.1) is 0 Å². The molecule has 0 saturated heterocycles. The molecule has 1 aromatic carbocycles. The fourth-order valence-corrected chi connectivity index (χ4v) is 1.86. The minimum absolute atomic E-state index is 0.00991. The van der Waals surface area contributed by atoms with Crippen LogP contribution in [-0.4, -0.2) is 31.6 Å². The second kappa shape index (κ2) is 5.08. The molecule has 0 aromatic heterocycles. The summed E-state index contributed by atoms with van der Waals surface area (Å²) in [6.45, 7) is 1.87. The van der Waals surface area contributed by atoms with E-state index in [1.807, 2.05) is 36.2 Å². The monoisotopic (exact) mass is 249 g/mol. The molecule has 2 rings (SSSR count). The maximum Gasteiger partial charge on any atom is 0.374 e. The minimum atomic E-state index is -0.801. The van der Waals surface area contributed by atoms with Crippen molar-refractivity contribution in [3.63, 3.8) is 0 Å². The molecule has 0 radical (unpaired) electrons. The molecule has 18 heavy (non-hydrogen) atoms. The van der Waals surface area contributed by atoms with Gasteiger partial charge in [-0.2, -0.15) is 0 Å². The first-order chi connectivity index (χ1) is 8.63. The maximum atomic E-state index is 11.6. The fourth-order valence-electron chi connectivity index (χ4n) is 1.86. The van der Waals surface area contributed by atoms with Crippen molar-refractivity contribution in [1.29, 1.82) is 0 Å². The van der Waals surface area contributed by atoms with Crippen LogP contribution in [0.1, 0.15) is 13.3 Å². The predicted molar refractivity (Wildman–Crippen MR) is 65.5 cm³/mol. The van der Waals surface area contributed by atoms with Crippen LogP contribution in [0.3, 0.4) is 0 Å². The van der Waals surface area contributed by atoms with Crippen LogP contribution in [0.4, 0.5) is 5.69 Å². The van der Waals surface area contributed by atoms with E-state index in [2.05, 4.69) is 4.74 Å². The van der Waals surface area contributed by atoms with Crippen LogP contribution in [0.5, 0.6) is 5.75 Å². The Morgan fingerprint density at radius 2 is 2.11 bits per heavy atom. The van der Waals surface area contributed by atoms with Gasteiger partial charge in [0, 0.05) is 7.05 Å². The molecule has 5 nitrogen and oxygen atoms in total. The van der Waals surface area contributed by atoms with Crippen LogP contribution in [0.25, 0.3) is 0 Å². The number of nitrogens with zero attached hydrogens (tertiary/aromatic N) is 1. The van der Waals surface area contributed by atoms with Gasteiger partial charge in [0.1, 0.15) is 5.75 Å². The zero-order chi connectivity index (χ0) is 13.1. The second-order valence-corrected chi connectivity index (χ2v) is 4.00. The number of Topliss-reactive ketones (excluding diaryl/α,β-unsaturated/α-hetero) is 1. The Labute approximate surface area is 105 Å². The van der Waals surface area contributed by atoms with Crippen molar-refractivity contribution in [2.45, 2.75) is 19.6 Å². The average Bonchev–Trinajstić information content (AvgIpc) is 2.67. The van der Waals surface area contributed by atoms with Gasteiger partial charge in [-0.3, -0.25) is 4.79 Å². The van der Waals surface area contributed by atoms with Crippen molar-refractivity contribution in [3.8, 4) is 5.75 Å². The summed E-state index contributed by atoms with van der Waals surface area (Å²) in [6, 6.07) is 7.50. The lowest BCUT2D eigenvalue weighted by molar-refractivity contribution is -0.154. The molecule has 1 aliphatic rings. The largest absolute Gasteiger partial charge is 0.468 e. The summed E-state index contributed by atoms with van der Waals surface area (Å²) >= 11 is 0. The van der Waals surface area contributed by atoms with Gasteiger partial charge in [-0.25, -0.2) is 4.79 Å². The Morgan fingerprint density at radius 3 is 2.78 bits per heavy atom. The minimum Gasteiger partial charge on any atom is -0.468 e. The lowest BCUT2D eigenvalue weighted by Gasteiger charge is -2.19. The van der Waals surface area contributed by atoms with Crippen LogP contribution < -0.4 is 9.64 Å². The Kier molecular flexibility index (Phi) is 3.50. The van der Waals surface area contributed by atoms with Crippen molar-refractivity contribution in [3.05, 3.63) is 24.3 Å². The molecule has 0 N–H and O–H groups in total. The van der Waals surface area contributed by atoms with E-state index in [1.54, 1.807) is 6.92 Å². The van der Waals surface area contributed by atoms with Gasteiger partial charge in [0.15, 0.2) is 6.23 Å². The van der Waals surface area contributed by atoms with E-state index in [4.69, 9.17) is 4.74 Å². The lowest BCUT2D eigenvalue weighted by Crippen LogP contribution is -2.35. The summed E-state index contributed by atoms with van der Waals surface area (Å²) in [5, 5.41) is 0. The predicted octanol–water partition coefficient (Wildman–Crippen LogP) is 1.36. The highest BCUT2D eigenvalue weighted by Gasteiger charge is 2.31. The Balaban J connectivity index is 2.02. The first kappa shape index (κ1) is 12.4. The molecule has 5 heteroatoms. The average molecular weight is 249 g/mol. The number of benzene rings is 1. The van der Waals surface area contributed by atoms with Gasteiger partial charge in [0.25, 0.3) is 0 Å². The third kappa shape index (κ3) is 2.30. The Hall–Kier alpha value is -2.04. The normalized spacial score (nSPS) is 17.0. The van der Waals surface area contributed by atoms with Crippen LogP contribution in [0.2, 0.25) is 0 Å². The summed E-state index contributed by atoms with van der Waals surface area (Å²) < 4.78 is 10.3. The quantitative estimate of drug-likeness (QED) is 0.595. The van der Waals surface area contributed by atoms with Gasteiger partial charge in [0.2, 0.25) is 5.78 Å². The zero-order valence-electron chi connectivity index (χ0n) is 10.4. The topological polar surface area (TPSA) is 55.8 Å². The second-order valence-electron chi connectivity index (χ2n) is 4.00. The van der Waals surface area contributed by atoms with Crippen molar-refractivity contribution < 1.29 is 19.1 Å². The van der Waals surface area contributed by atoms with Crippen LogP contribution in [0.15, 0.2) is 24.3 Å². The number of hydrogen-bond acceptors (Lipinski definition) is 5. The van der Waals surface area contributed by atoms with E-state index in [9.17, 15) is 9.59 Å². The number of ketones is 1. The van der Waals surface area contributed by atoms with E-state index in [0.717, 1.165) is 11.4 Å². The number of hydrogen-bond donors (Lipinski definition) is 0. The third-order valence-electron chi connectivity index (χ3n) is 2.80. The number of fused-ring (bicyclic) bond motifs is 1. The van der Waals surface area contributed by atoms with Gasteiger partial charge in [-0.05, 0) is 19.1 Å². The molecule has 1 aliphatic heterocycles. The molecule has 1 atom stereocenters. The van der Waals surface area contributed by atoms with Crippen molar-refractivity contribution in [2.75, 3.05) is 18.6 Å². The van der Waals surface area contributed by atoms with Gasteiger partial charge in [-0.1, -0.05) is 12.1 Å². The summed E-state index contributed by atoms with van der Waals surface area (Å²) in [4.78, 5) is 24.7. The molecule has 1 aromatic rings. The first-order valence-corrected chi connectivity index (χ1v) is 5.82. The van der Waals surface area contributed by atoms with E-state index in [0.29, 0.717) is 0 Å². The van der Waals surface area contributed by atoms with E-state index >= 15 is 0 Å². The molecule has 0 saturated carbocycles. The summed E-state index contributed by atoms with van der Waals surface area (Å²) in [6.07, 6.45) is -0.455. The third-order valence-corrected chi connectivity index (χ3v) is 2.80. The first-order valence-electron chi connectivity index (χ1n) is 5.82. The van der Waals surface area contributed by atoms with Crippen LogP contribution in [0, 0.1) is 0 Å². The van der Waals surface area contributed by atoms with E-state index in [1.165, 1.54) is 0 Å². The van der Waals surface area contributed by atoms with E-state index < -0.39 is 18.0 Å². The molecule has 0 fully saturated rings. The number of anilines is 1. The maximum absolute atomic E-state index is 11.6. The molecule has 0 amide bonds. The number of esters is 1. The van der Waals surface area contributed by atoms with Gasteiger partial charge < -0.3 is 14.4 Å². The van der Waals surface area contributed by atoms with Gasteiger partial charge >= 0.3 is 5.97 Å². The SMILES string of the molecule is CCOC(=O)C(=O)CC1Oc2ccccc2N1C. The van der Waals surface area contributed by atoms with Crippen molar-refractivity contribution in [1.82, 2.24) is 0 Å². The smallest absolute Gasteiger partial charge is 0.374 e. The molecule has 0 spiro atoms. The highest BCUT2D eigenvalue weighted by molar-refractivity contribution is 6.33. The van der Waals surface area contributed by atoms with Crippen LogP contribution in [-0.2, 0) is 14.3 Å². The molecule has 0 aliphatic carbocycles. The number of para-hydroxylation sites is 2. The Morgan fingerprint density at radius 1 is 1.39 bits per heavy atom. The molecular weight excluding hydrogens is 234 g/mol. The number of carbonyl (C=O) groups is 2. The standard InChI is InChI=1S/C13H15NO4/c1-3-17-13(16)10(15)8-12-14(2)9-6-4-5-7-11(9)18-12/h4-7,12H,3,8H2,1-2H3. The highest BCUT2D eigenvalue weighted by atomic mass is 16.5. The summed E-state index contributed by atoms with van der Waals surface area (Å²) in [5.74, 6) is -0.645. The molecule has 0 bridgehead atoms. The molecule has 1 unspecified atom stereocenters. The number of rotatable bonds is 4. The lowest BCUT2D eigenvalue weighted by atomic mass is 10.2. The molecule has 1 heterocycles.